The molecule has 0 atom stereocenters. The van der Waals surface area contributed by atoms with Crippen molar-refractivity contribution < 1.29 is 4.79 Å². The van der Waals surface area contributed by atoms with Gasteiger partial charge in [-0.05, 0) is 30.7 Å². The Kier molecular flexibility index (Phi) is 5.07. The van der Waals surface area contributed by atoms with Gasteiger partial charge in [-0.25, -0.2) is 0 Å². The van der Waals surface area contributed by atoms with Gasteiger partial charge in [-0.3, -0.25) is 9.48 Å². The van der Waals surface area contributed by atoms with Crippen molar-refractivity contribution in [1.29, 1.82) is 0 Å². The minimum Gasteiger partial charge on any atom is -0.326 e. The van der Waals surface area contributed by atoms with Gasteiger partial charge in [0, 0.05) is 23.9 Å². The number of hydrogen-bond donors (Lipinski definition) is 2. The highest BCUT2D eigenvalue weighted by atomic mass is 16.1. The maximum atomic E-state index is 11.9. The molecule has 6 nitrogen and oxygen atoms in total. The van der Waals surface area contributed by atoms with Crippen LogP contribution in [0.1, 0.15) is 17.5 Å². The number of nitrogens with zero attached hydrogens (tertiary/aromatic N) is 3. The predicted octanol–water partition coefficient (Wildman–Crippen LogP) is 0.926. The van der Waals surface area contributed by atoms with Crippen LogP contribution in [0, 0.1) is 18.8 Å². The third-order valence-electron chi connectivity index (χ3n) is 2.88. The fraction of sp³-hybridized carbons (Fsp3) is 0.267. The molecule has 0 unspecified atom stereocenters. The van der Waals surface area contributed by atoms with Crippen LogP contribution in [0.25, 0.3) is 0 Å². The van der Waals surface area contributed by atoms with E-state index in [1.54, 1.807) is 17.1 Å². The van der Waals surface area contributed by atoms with Gasteiger partial charge in [-0.1, -0.05) is 17.1 Å². The monoisotopic (exact) mass is 283 g/mol. The van der Waals surface area contributed by atoms with E-state index in [0.717, 1.165) is 16.8 Å². The van der Waals surface area contributed by atoms with Crippen molar-refractivity contribution in [1.82, 2.24) is 15.0 Å². The van der Waals surface area contributed by atoms with Crippen LogP contribution >= 0.6 is 0 Å². The van der Waals surface area contributed by atoms with Crippen LogP contribution in [0.15, 0.2) is 30.6 Å². The third kappa shape index (κ3) is 4.44. The van der Waals surface area contributed by atoms with Gasteiger partial charge in [0.2, 0.25) is 5.91 Å². The number of rotatable bonds is 4. The van der Waals surface area contributed by atoms with Crippen molar-refractivity contribution in [2.24, 2.45) is 5.73 Å². The van der Waals surface area contributed by atoms with Crippen LogP contribution in [0.3, 0.4) is 0 Å². The Hall–Kier alpha value is -2.65. The maximum absolute atomic E-state index is 11.9. The molecule has 2 rings (SSSR count). The highest BCUT2D eigenvalue weighted by Crippen LogP contribution is 2.14. The van der Waals surface area contributed by atoms with E-state index >= 15 is 0 Å². The van der Waals surface area contributed by atoms with Crippen molar-refractivity contribution in [3.05, 3.63) is 41.7 Å². The Morgan fingerprint density at radius 3 is 3.00 bits per heavy atom. The lowest BCUT2D eigenvalue weighted by Crippen LogP contribution is -2.15. The van der Waals surface area contributed by atoms with Crippen LogP contribution in [0.5, 0.6) is 0 Å². The molecule has 1 amide bonds. The molecule has 6 heteroatoms. The first kappa shape index (κ1) is 14.8. The summed E-state index contributed by atoms with van der Waals surface area (Å²) in [5, 5.41) is 10.4. The highest BCUT2D eigenvalue weighted by molar-refractivity contribution is 5.90. The zero-order chi connectivity index (χ0) is 15.1. The van der Waals surface area contributed by atoms with Gasteiger partial charge in [0.15, 0.2) is 0 Å². The van der Waals surface area contributed by atoms with Gasteiger partial charge in [-0.15, -0.1) is 5.10 Å². The second-order valence-electron chi connectivity index (χ2n) is 4.50. The number of aromatic nitrogens is 3. The standard InChI is InChI=1S/C15H17N5O/c1-12-11-14(5-4-13(12)3-2-7-16)18-15(21)6-9-20-10-8-17-19-20/h4-5,8,10-11H,6-7,9,16H2,1H3,(H,18,21). The Bertz CT molecular complexity index is 667. The van der Waals surface area contributed by atoms with Crippen molar-refractivity contribution in [3.8, 4) is 11.8 Å². The fourth-order valence-corrected chi connectivity index (χ4v) is 1.82. The molecular formula is C15H17N5O. The molecule has 0 aliphatic carbocycles. The predicted molar refractivity (Wildman–Crippen MR) is 80.4 cm³/mol. The molecule has 0 fully saturated rings. The molecule has 0 saturated heterocycles. The number of hydrogen-bond acceptors (Lipinski definition) is 4. The van der Waals surface area contributed by atoms with Crippen LogP contribution < -0.4 is 11.1 Å². The normalized spacial score (nSPS) is 9.81. The van der Waals surface area contributed by atoms with Gasteiger partial charge < -0.3 is 11.1 Å². The van der Waals surface area contributed by atoms with Crippen LogP contribution in [0.4, 0.5) is 5.69 Å². The lowest BCUT2D eigenvalue weighted by atomic mass is 10.1. The van der Waals surface area contributed by atoms with Gasteiger partial charge in [0.25, 0.3) is 0 Å². The smallest absolute Gasteiger partial charge is 0.226 e. The molecule has 0 aliphatic heterocycles. The number of nitrogens with two attached hydrogens (primary N) is 1. The first-order valence-corrected chi connectivity index (χ1v) is 6.62. The van der Waals surface area contributed by atoms with Crippen molar-refractivity contribution in [3.63, 3.8) is 0 Å². The summed E-state index contributed by atoms with van der Waals surface area (Å²) in [6, 6.07) is 5.61. The largest absolute Gasteiger partial charge is 0.326 e. The molecule has 0 bridgehead atoms. The highest BCUT2D eigenvalue weighted by Gasteiger charge is 2.04. The lowest BCUT2D eigenvalue weighted by Gasteiger charge is -2.07. The third-order valence-corrected chi connectivity index (χ3v) is 2.88. The van der Waals surface area contributed by atoms with E-state index in [2.05, 4.69) is 27.5 Å². The molecule has 0 aliphatic rings. The van der Waals surface area contributed by atoms with Crippen molar-refractivity contribution in [2.45, 2.75) is 19.9 Å². The molecule has 2 aromatic rings. The number of benzene rings is 1. The number of carbonyl (C=O) groups excluding carboxylic acids is 1. The van der Waals surface area contributed by atoms with Crippen LogP contribution in [-0.4, -0.2) is 27.4 Å². The van der Waals surface area contributed by atoms with Crippen LogP contribution in [-0.2, 0) is 11.3 Å². The van der Waals surface area contributed by atoms with E-state index in [1.807, 2.05) is 25.1 Å². The van der Waals surface area contributed by atoms with E-state index in [0.29, 0.717) is 19.5 Å². The van der Waals surface area contributed by atoms with Crippen molar-refractivity contribution >= 4 is 11.6 Å². The van der Waals surface area contributed by atoms with E-state index in [4.69, 9.17) is 5.73 Å². The molecule has 3 N–H and O–H groups in total. The SMILES string of the molecule is Cc1cc(NC(=O)CCn2ccnn2)ccc1C#CCN. The van der Waals surface area contributed by atoms with Crippen molar-refractivity contribution in [2.75, 3.05) is 11.9 Å². The number of anilines is 1. The number of nitrogens with one attached hydrogen (secondary N) is 1. The number of amides is 1. The van der Waals surface area contributed by atoms with Gasteiger partial charge in [0.05, 0.1) is 19.3 Å². The van der Waals surface area contributed by atoms with E-state index < -0.39 is 0 Å². The fourth-order valence-electron chi connectivity index (χ4n) is 1.82. The minimum atomic E-state index is -0.0642. The summed E-state index contributed by atoms with van der Waals surface area (Å²) in [4.78, 5) is 11.9. The zero-order valence-corrected chi connectivity index (χ0v) is 11.8. The summed E-state index contributed by atoms with van der Waals surface area (Å²) in [5.41, 5.74) is 8.03. The van der Waals surface area contributed by atoms with E-state index in [-0.39, 0.29) is 5.91 Å². The topological polar surface area (TPSA) is 85.8 Å². The number of aryl methyl sites for hydroxylation is 2. The van der Waals surface area contributed by atoms with Crippen LogP contribution in [0.2, 0.25) is 0 Å². The molecule has 1 aromatic heterocycles. The average Bonchev–Trinajstić information content (AvgIpc) is 2.98. The molecular weight excluding hydrogens is 266 g/mol. The number of carbonyl (C=O) groups is 1. The lowest BCUT2D eigenvalue weighted by molar-refractivity contribution is -0.116. The summed E-state index contributed by atoms with van der Waals surface area (Å²) in [5.74, 6) is 5.74. The Morgan fingerprint density at radius 2 is 2.33 bits per heavy atom. The van der Waals surface area contributed by atoms with Gasteiger partial charge in [0.1, 0.15) is 0 Å². The summed E-state index contributed by atoms with van der Waals surface area (Å²) in [6.45, 7) is 2.79. The molecule has 0 spiro atoms. The van der Waals surface area contributed by atoms with E-state index in [9.17, 15) is 4.79 Å². The second kappa shape index (κ2) is 7.22. The van der Waals surface area contributed by atoms with E-state index in [1.165, 1.54) is 0 Å². The summed E-state index contributed by atoms with van der Waals surface area (Å²) >= 11 is 0. The quantitative estimate of drug-likeness (QED) is 0.817. The molecule has 0 radical (unpaired) electrons. The average molecular weight is 283 g/mol. The van der Waals surface area contributed by atoms with Gasteiger partial charge in [-0.2, -0.15) is 0 Å². The zero-order valence-electron chi connectivity index (χ0n) is 11.8. The Balaban J connectivity index is 1.93. The summed E-state index contributed by atoms with van der Waals surface area (Å²) < 4.78 is 1.62. The first-order chi connectivity index (χ1) is 10.2. The molecule has 1 aromatic carbocycles. The maximum Gasteiger partial charge on any atom is 0.226 e. The second-order valence-corrected chi connectivity index (χ2v) is 4.50. The Morgan fingerprint density at radius 1 is 1.48 bits per heavy atom. The molecule has 108 valence electrons. The molecule has 21 heavy (non-hydrogen) atoms. The minimum absolute atomic E-state index is 0.0642. The molecule has 1 heterocycles. The first-order valence-electron chi connectivity index (χ1n) is 6.62. The Labute approximate surface area is 123 Å². The van der Waals surface area contributed by atoms with Gasteiger partial charge >= 0.3 is 0 Å². The summed E-state index contributed by atoms with van der Waals surface area (Å²) in [7, 11) is 0. The summed E-state index contributed by atoms with van der Waals surface area (Å²) in [6.07, 6.45) is 3.65. The molecule has 0 saturated carbocycles.